The number of carbonyl (C=O) groups excluding carboxylic acids is 3. The second-order valence-corrected chi connectivity index (χ2v) is 3.18. The lowest BCUT2D eigenvalue weighted by Crippen LogP contribution is -2.38. The molecule has 0 aliphatic heterocycles. The average Bonchev–Trinajstić information content (AvgIpc) is 2.24. The molecule has 0 rings (SSSR count). The molecular formula is C10H13F3O5. The molecule has 0 amide bonds. The SMILES string of the molecule is CCOC(=O)C[C@@H](C(=O)OCC)C(=O)C(F)(F)F. The number of ether oxygens (including phenoxy) is 2. The Balaban J connectivity index is 4.89. The summed E-state index contributed by atoms with van der Waals surface area (Å²) >= 11 is 0. The van der Waals surface area contributed by atoms with Gasteiger partial charge in [0.25, 0.3) is 5.78 Å². The predicted octanol–water partition coefficient (Wildman–Crippen LogP) is 1.25. The summed E-state index contributed by atoms with van der Waals surface area (Å²) in [6, 6.07) is 0. The zero-order chi connectivity index (χ0) is 14.3. The lowest BCUT2D eigenvalue weighted by atomic mass is 10.00. The molecule has 0 aromatic heterocycles. The highest BCUT2D eigenvalue weighted by molar-refractivity contribution is 6.04. The van der Waals surface area contributed by atoms with E-state index in [2.05, 4.69) is 9.47 Å². The third-order valence-electron chi connectivity index (χ3n) is 1.84. The molecule has 8 heteroatoms. The van der Waals surface area contributed by atoms with Gasteiger partial charge >= 0.3 is 18.1 Å². The minimum atomic E-state index is -5.20. The van der Waals surface area contributed by atoms with Gasteiger partial charge < -0.3 is 9.47 Å². The van der Waals surface area contributed by atoms with Crippen LogP contribution in [0.15, 0.2) is 0 Å². The first-order valence-electron chi connectivity index (χ1n) is 5.17. The van der Waals surface area contributed by atoms with Crippen LogP contribution in [0.5, 0.6) is 0 Å². The van der Waals surface area contributed by atoms with Crippen LogP contribution >= 0.6 is 0 Å². The maximum atomic E-state index is 12.2. The van der Waals surface area contributed by atoms with Gasteiger partial charge in [-0.25, -0.2) is 0 Å². The van der Waals surface area contributed by atoms with Gasteiger partial charge in [-0.1, -0.05) is 0 Å². The van der Waals surface area contributed by atoms with Crippen molar-refractivity contribution in [3.05, 3.63) is 0 Å². The number of alkyl halides is 3. The van der Waals surface area contributed by atoms with Gasteiger partial charge in [-0.15, -0.1) is 0 Å². The summed E-state index contributed by atoms with van der Waals surface area (Å²) in [5.74, 6) is -6.96. The summed E-state index contributed by atoms with van der Waals surface area (Å²) in [6.07, 6.45) is -6.19. The van der Waals surface area contributed by atoms with Gasteiger partial charge in [0, 0.05) is 0 Å². The average molecular weight is 270 g/mol. The van der Waals surface area contributed by atoms with Crippen LogP contribution in [0.2, 0.25) is 0 Å². The van der Waals surface area contributed by atoms with E-state index in [0.717, 1.165) is 0 Å². The summed E-state index contributed by atoms with van der Waals surface area (Å²) in [5, 5.41) is 0. The molecule has 0 bridgehead atoms. The molecule has 0 fully saturated rings. The third-order valence-corrected chi connectivity index (χ3v) is 1.84. The van der Waals surface area contributed by atoms with Crippen LogP contribution in [0, 0.1) is 5.92 Å². The van der Waals surface area contributed by atoms with Crippen LogP contribution in [-0.2, 0) is 23.9 Å². The van der Waals surface area contributed by atoms with E-state index in [0.29, 0.717) is 0 Å². The number of hydrogen-bond donors (Lipinski definition) is 0. The van der Waals surface area contributed by atoms with Gasteiger partial charge in [-0.05, 0) is 13.8 Å². The highest BCUT2D eigenvalue weighted by Crippen LogP contribution is 2.24. The van der Waals surface area contributed by atoms with E-state index in [1.807, 2.05) is 0 Å². The van der Waals surface area contributed by atoms with Crippen molar-refractivity contribution in [2.24, 2.45) is 5.92 Å². The molecule has 5 nitrogen and oxygen atoms in total. The number of ketones is 1. The molecule has 0 saturated heterocycles. The molecule has 0 heterocycles. The highest BCUT2D eigenvalue weighted by Gasteiger charge is 2.47. The van der Waals surface area contributed by atoms with Crippen LogP contribution in [-0.4, -0.2) is 37.1 Å². The normalized spacial score (nSPS) is 12.7. The summed E-state index contributed by atoms with van der Waals surface area (Å²) in [5.41, 5.74) is 0. The number of carbonyl (C=O) groups is 3. The number of Topliss-reactive ketones (excluding diaryl/α,β-unsaturated/α-hetero) is 1. The number of halogens is 3. The van der Waals surface area contributed by atoms with Gasteiger partial charge in [0.1, 0.15) is 5.92 Å². The zero-order valence-corrected chi connectivity index (χ0v) is 9.87. The smallest absolute Gasteiger partial charge is 0.450 e. The maximum Gasteiger partial charge on any atom is 0.450 e. The molecule has 0 aromatic rings. The van der Waals surface area contributed by atoms with Crippen molar-refractivity contribution in [3.63, 3.8) is 0 Å². The third kappa shape index (κ3) is 5.15. The van der Waals surface area contributed by atoms with Crippen LogP contribution in [0.4, 0.5) is 13.2 Å². The summed E-state index contributed by atoms with van der Waals surface area (Å²) in [7, 11) is 0. The number of rotatable bonds is 6. The van der Waals surface area contributed by atoms with E-state index in [9.17, 15) is 27.6 Å². The highest BCUT2D eigenvalue weighted by atomic mass is 19.4. The van der Waals surface area contributed by atoms with Gasteiger partial charge in [0.15, 0.2) is 0 Å². The fraction of sp³-hybridized carbons (Fsp3) is 0.700. The van der Waals surface area contributed by atoms with Crippen molar-refractivity contribution >= 4 is 17.7 Å². The first kappa shape index (κ1) is 16.4. The molecule has 0 saturated carbocycles. The van der Waals surface area contributed by atoms with Crippen LogP contribution in [0.1, 0.15) is 20.3 Å². The van der Waals surface area contributed by atoms with Crippen LogP contribution < -0.4 is 0 Å². The summed E-state index contributed by atoms with van der Waals surface area (Å²) in [4.78, 5) is 33.3. The Morgan fingerprint density at radius 1 is 1.06 bits per heavy atom. The van der Waals surface area contributed by atoms with Gasteiger partial charge in [-0.2, -0.15) is 13.2 Å². The second-order valence-electron chi connectivity index (χ2n) is 3.18. The summed E-state index contributed by atoms with van der Waals surface area (Å²) in [6.45, 7) is 2.57. The van der Waals surface area contributed by atoms with E-state index in [1.54, 1.807) is 0 Å². The molecule has 0 N–H and O–H groups in total. The molecule has 18 heavy (non-hydrogen) atoms. The van der Waals surface area contributed by atoms with Crippen LogP contribution in [0.25, 0.3) is 0 Å². The Kier molecular flexibility index (Phi) is 6.35. The van der Waals surface area contributed by atoms with Crippen molar-refractivity contribution in [1.29, 1.82) is 0 Å². The molecule has 0 aliphatic rings. The number of hydrogen-bond acceptors (Lipinski definition) is 5. The van der Waals surface area contributed by atoms with E-state index in [4.69, 9.17) is 0 Å². The minimum absolute atomic E-state index is 0.0609. The predicted molar refractivity (Wildman–Crippen MR) is 52.4 cm³/mol. The van der Waals surface area contributed by atoms with Crippen molar-refractivity contribution in [3.8, 4) is 0 Å². The summed E-state index contributed by atoms with van der Waals surface area (Å²) < 4.78 is 45.4. The monoisotopic (exact) mass is 270 g/mol. The second kappa shape index (κ2) is 6.97. The van der Waals surface area contributed by atoms with Crippen molar-refractivity contribution in [1.82, 2.24) is 0 Å². The molecule has 0 aromatic carbocycles. The van der Waals surface area contributed by atoms with Gasteiger partial charge in [-0.3, -0.25) is 14.4 Å². The Morgan fingerprint density at radius 2 is 1.56 bits per heavy atom. The largest absolute Gasteiger partial charge is 0.466 e. The van der Waals surface area contributed by atoms with Crippen LogP contribution in [0.3, 0.4) is 0 Å². The van der Waals surface area contributed by atoms with E-state index in [-0.39, 0.29) is 13.2 Å². The molecule has 104 valence electrons. The lowest BCUT2D eigenvalue weighted by Gasteiger charge is -2.15. The van der Waals surface area contributed by atoms with Gasteiger partial charge in [0.05, 0.1) is 19.6 Å². The molecule has 0 radical (unpaired) electrons. The first-order chi connectivity index (χ1) is 8.23. The Bertz CT molecular complexity index is 324. The van der Waals surface area contributed by atoms with E-state index >= 15 is 0 Å². The molecule has 0 spiro atoms. The number of esters is 2. The fourth-order valence-corrected chi connectivity index (χ4v) is 1.11. The molecular weight excluding hydrogens is 257 g/mol. The van der Waals surface area contributed by atoms with Crippen molar-refractivity contribution in [2.45, 2.75) is 26.4 Å². The first-order valence-corrected chi connectivity index (χ1v) is 5.17. The minimum Gasteiger partial charge on any atom is -0.466 e. The lowest BCUT2D eigenvalue weighted by molar-refractivity contribution is -0.182. The Hall–Kier alpha value is -1.60. The molecule has 0 aliphatic carbocycles. The van der Waals surface area contributed by atoms with Crippen molar-refractivity contribution < 1.29 is 37.0 Å². The Morgan fingerprint density at radius 3 is 1.94 bits per heavy atom. The molecule has 0 unspecified atom stereocenters. The van der Waals surface area contributed by atoms with Crippen molar-refractivity contribution in [2.75, 3.05) is 13.2 Å². The molecule has 1 atom stereocenters. The topological polar surface area (TPSA) is 69.7 Å². The van der Waals surface area contributed by atoms with E-state index in [1.165, 1.54) is 13.8 Å². The maximum absolute atomic E-state index is 12.2. The Labute approximate surface area is 101 Å². The van der Waals surface area contributed by atoms with Gasteiger partial charge in [0.2, 0.25) is 0 Å². The van der Waals surface area contributed by atoms with E-state index < -0.39 is 36.2 Å². The zero-order valence-electron chi connectivity index (χ0n) is 9.87. The fourth-order valence-electron chi connectivity index (χ4n) is 1.11. The quantitative estimate of drug-likeness (QED) is 0.536. The standard InChI is InChI=1S/C10H13F3O5/c1-3-17-7(14)5-6(9(16)18-4-2)8(15)10(11,12)13/h6H,3-5H2,1-2H3/t6-/m1/s1.